The summed E-state index contributed by atoms with van der Waals surface area (Å²) < 4.78 is 5.63. The summed E-state index contributed by atoms with van der Waals surface area (Å²) in [5, 5.41) is 5.62. The Morgan fingerprint density at radius 2 is 1.50 bits per heavy atom. The van der Waals surface area contributed by atoms with Crippen LogP contribution in [0.4, 0.5) is 5.69 Å². The average Bonchev–Trinajstić information content (AvgIpc) is 3.42. The Hall–Kier alpha value is -4.13. The number of ether oxygens (including phenoxy) is 1. The maximum atomic E-state index is 12.6. The van der Waals surface area contributed by atoms with Crippen molar-refractivity contribution in [3.05, 3.63) is 95.6 Å². The molecule has 3 amide bonds. The van der Waals surface area contributed by atoms with Gasteiger partial charge in [-0.1, -0.05) is 42.5 Å². The minimum absolute atomic E-state index is 0.0523. The van der Waals surface area contributed by atoms with E-state index in [1.165, 1.54) is 0 Å². The SMILES string of the molecule is O=C(COc1ccccc1C(=O)Nc1ccccc1)NCc1ccc(C(=O)N2CCCC2)cc1. The average molecular weight is 458 g/mol. The molecule has 174 valence electrons. The molecule has 7 heteroatoms. The molecule has 7 nitrogen and oxygen atoms in total. The second-order valence-electron chi connectivity index (χ2n) is 8.08. The van der Waals surface area contributed by atoms with Crippen LogP contribution in [-0.4, -0.2) is 42.3 Å². The van der Waals surface area contributed by atoms with Gasteiger partial charge in [-0.2, -0.15) is 0 Å². The van der Waals surface area contributed by atoms with E-state index >= 15 is 0 Å². The first-order valence-corrected chi connectivity index (χ1v) is 11.3. The molecule has 0 radical (unpaired) electrons. The van der Waals surface area contributed by atoms with Gasteiger partial charge in [0.1, 0.15) is 5.75 Å². The third-order valence-corrected chi connectivity index (χ3v) is 5.61. The number of benzene rings is 3. The standard InChI is InChI=1S/C27H27N3O4/c31-25(28-18-20-12-14-21(15-13-20)27(33)30-16-6-7-17-30)19-34-24-11-5-4-10-23(24)26(32)29-22-8-2-1-3-9-22/h1-5,8-15H,6-7,16-19H2,(H,28,31)(H,29,32). The molecule has 0 bridgehead atoms. The van der Waals surface area contributed by atoms with Crippen LogP contribution in [0.15, 0.2) is 78.9 Å². The van der Waals surface area contributed by atoms with Gasteiger partial charge >= 0.3 is 0 Å². The quantitative estimate of drug-likeness (QED) is 0.538. The molecule has 2 N–H and O–H groups in total. The Balaban J connectivity index is 1.27. The summed E-state index contributed by atoms with van der Waals surface area (Å²) >= 11 is 0. The molecule has 4 rings (SSSR count). The first-order chi connectivity index (χ1) is 16.6. The largest absolute Gasteiger partial charge is 0.483 e. The zero-order valence-electron chi connectivity index (χ0n) is 18.8. The Morgan fingerprint density at radius 3 is 2.24 bits per heavy atom. The number of anilines is 1. The summed E-state index contributed by atoms with van der Waals surface area (Å²) in [6.07, 6.45) is 2.11. The molecule has 1 aliphatic heterocycles. The molecule has 3 aromatic carbocycles. The summed E-state index contributed by atoms with van der Waals surface area (Å²) in [6, 6.07) is 23.2. The van der Waals surface area contributed by atoms with E-state index in [0.717, 1.165) is 31.5 Å². The molecule has 0 aliphatic carbocycles. The second kappa shape index (κ2) is 11.1. The highest BCUT2D eigenvalue weighted by molar-refractivity contribution is 6.06. The number of carbonyl (C=O) groups is 3. The van der Waals surface area contributed by atoms with Crippen LogP contribution < -0.4 is 15.4 Å². The molecule has 1 saturated heterocycles. The molecule has 34 heavy (non-hydrogen) atoms. The van der Waals surface area contributed by atoms with Gasteiger partial charge < -0.3 is 20.3 Å². The summed E-state index contributed by atoms with van der Waals surface area (Å²) in [4.78, 5) is 39.2. The third-order valence-electron chi connectivity index (χ3n) is 5.61. The van der Waals surface area contributed by atoms with Gasteiger partial charge in [-0.05, 0) is 54.8 Å². The number of rotatable bonds is 8. The van der Waals surface area contributed by atoms with Gasteiger partial charge in [0.2, 0.25) is 0 Å². The minimum atomic E-state index is -0.314. The van der Waals surface area contributed by atoms with Gasteiger partial charge in [0, 0.05) is 30.9 Å². The van der Waals surface area contributed by atoms with Crippen molar-refractivity contribution in [3.63, 3.8) is 0 Å². The Bertz CT molecular complexity index is 1140. The van der Waals surface area contributed by atoms with Crippen molar-refractivity contribution >= 4 is 23.4 Å². The number of para-hydroxylation sites is 2. The smallest absolute Gasteiger partial charge is 0.259 e. The van der Waals surface area contributed by atoms with E-state index < -0.39 is 0 Å². The third kappa shape index (κ3) is 6.01. The van der Waals surface area contributed by atoms with Gasteiger partial charge in [0.05, 0.1) is 5.56 Å². The summed E-state index contributed by atoms with van der Waals surface area (Å²) in [5.74, 6) is -0.242. The van der Waals surface area contributed by atoms with Crippen LogP contribution in [0.1, 0.15) is 39.1 Å². The van der Waals surface area contributed by atoms with E-state index in [-0.39, 0.29) is 24.3 Å². The monoisotopic (exact) mass is 457 g/mol. The van der Waals surface area contributed by atoms with Crippen LogP contribution in [0.5, 0.6) is 5.75 Å². The zero-order valence-corrected chi connectivity index (χ0v) is 18.8. The number of nitrogens with one attached hydrogen (secondary N) is 2. The van der Waals surface area contributed by atoms with Crippen molar-refractivity contribution in [1.82, 2.24) is 10.2 Å². The van der Waals surface area contributed by atoms with E-state index in [0.29, 0.717) is 29.1 Å². The number of amides is 3. The Labute approximate surface area is 198 Å². The Morgan fingerprint density at radius 1 is 0.824 bits per heavy atom. The van der Waals surface area contributed by atoms with Crippen molar-refractivity contribution in [2.24, 2.45) is 0 Å². The van der Waals surface area contributed by atoms with Crippen LogP contribution in [0.25, 0.3) is 0 Å². The second-order valence-corrected chi connectivity index (χ2v) is 8.08. The lowest BCUT2D eigenvalue weighted by molar-refractivity contribution is -0.123. The molecular weight excluding hydrogens is 430 g/mol. The highest BCUT2D eigenvalue weighted by Gasteiger charge is 2.19. The highest BCUT2D eigenvalue weighted by atomic mass is 16.5. The number of carbonyl (C=O) groups excluding carboxylic acids is 3. The highest BCUT2D eigenvalue weighted by Crippen LogP contribution is 2.20. The predicted molar refractivity (Wildman–Crippen MR) is 130 cm³/mol. The lowest BCUT2D eigenvalue weighted by Gasteiger charge is -2.15. The van der Waals surface area contributed by atoms with Crippen LogP contribution in [0, 0.1) is 0 Å². The van der Waals surface area contributed by atoms with Gasteiger partial charge in [-0.15, -0.1) is 0 Å². The van der Waals surface area contributed by atoms with Gasteiger partial charge in [-0.25, -0.2) is 0 Å². The Kier molecular flexibility index (Phi) is 7.55. The molecular formula is C27H27N3O4. The minimum Gasteiger partial charge on any atom is -0.483 e. The van der Waals surface area contributed by atoms with Crippen molar-refractivity contribution in [2.75, 3.05) is 25.0 Å². The normalized spacial score (nSPS) is 12.8. The molecule has 0 atom stereocenters. The number of hydrogen-bond donors (Lipinski definition) is 2. The van der Waals surface area contributed by atoms with Gasteiger partial charge in [0.25, 0.3) is 17.7 Å². The number of hydrogen-bond acceptors (Lipinski definition) is 4. The van der Waals surface area contributed by atoms with E-state index in [9.17, 15) is 14.4 Å². The molecule has 3 aromatic rings. The zero-order chi connectivity index (χ0) is 23.8. The van der Waals surface area contributed by atoms with Crippen molar-refractivity contribution in [2.45, 2.75) is 19.4 Å². The summed E-state index contributed by atoms with van der Waals surface area (Å²) in [5.41, 5.74) is 2.56. The molecule has 1 aliphatic rings. The predicted octanol–water partition coefficient (Wildman–Crippen LogP) is 3.87. The van der Waals surface area contributed by atoms with E-state index in [1.54, 1.807) is 48.5 Å². The molecule has 0 aromatic heterocycles. The first kappa shape index (κ1) is 23.0. The molecule has 1 heterocycles. The van der Waals surface area contributed by atoms with Gasteiger partial charge in [-0.3, -0.25) is 14.4 Å². The van der Waals surface area contributed by atoms with Crippen molar-refractivity contribution < 1.29 is 19.1 Å². The lowest BCUT2D eigenvalue weighted by Crippen LogP contribution is -2.29. The van der Waals surface area contributed by atoms with Crippen molar-refractivity contribution in [1.29, 1.82) is 0 Å². The fourth-order valence-corrected chi connectivity index (χ4v) is 3.76. The van der Waals surface area contributed by atoms with Crippen LogP contribution in [0.3, 0.4) is 0 Å². The van der Waals surface area contributed by atoms with E-state index in [4.69, 9.17) is 4.74 Å². The molecule has 0 saturated carbocycles. The fourth-order valence-electron chi connectivity index (χ4n) is 3.76. The summed E-state index contributed by atoms with van der Waals surface area (Å²) in [6.45, 7) is 1.72. The van der Waals surface area contributed by atoms with E-state index in [1.807, 2.05) is 35.2 Å². The van der Waals surface area contributed by atoms with Gasteiger partial charge in [0.15, 0.2) is 6.61 Å². The maximum absolute atomic E-state index is 12.6. The summed E-state index contributed by atoms with van der Waals surface area (Å²) in [7, 11) is 0. The maximum Gasteiger partial charge on any atom is 0.259 e. The molecule has 0 unspecified atom stereocenters. The first-order valence-electron chi connectivity index (χ1n) is 11.3. The number of likely N-dealkylation sites (tertiary alicyclic amines) is 1. The number of nitrogens with zero attached hydrogens (tertiary/aromatic N) is 1. The van der Waals surface area contributed by atoms with Crippen LogP contribution in [0.2, 0.25) is 0 Å². The van der Waals surface area contributed by atoms with Crippen molar-refractivity contribution in [3.8, 4) is 5.75 Å². The topological polar surface area (TPSA) is 87.7 Å². The van der Waals surface area contributed by atoms with Crippen LogP contribution >= 0.6 is 0 Å². The van der Waals surface area contributed by atoms with E-state index in [2.05, 4.69) is 10.6 Å². The fraction of sp³-hybridized carbons (Fsp3) is 0.222. The van der Waals surface area contributed by atoms with Crippen LogP contribution in [-0.2, 0) is 11.3 Å². The lowest BCUT2D eigenvalue weighted by atomic mass is 10.1. The molecule has 0 spiro atoms. The molecule has 1 fully saturated rings.